The summed E-state index contributed by atoms with van der Waals surface area (Å²) >= 11 is 0. The number of anilines is 4. The van der Waals surface area contributed by atoms with Crippen molar-refractivity contribution in [2.24, 2.45) is 13.0 Å². The zero-order valence-electron chi connectivity index (χ0n) is 21.7. The van der Waals surface area contributed by atoms with E-state index in [4.69, 9.17) is 9.72 Å². The van der Waals surface area contributed by atoms with Crippen molar-refractivity contribution in [3.8, 4) is 5.75 Å². The fourth-order valence-corrected chi connectivity index (χ4v) is 5.45. The number of carbonyl (C=O) groups excluding carboxylic acids is 1. The molecule has 0 spiro atoms. The Balaban J connectivity index is 1.54. The van der Waals surface area contributed by atoms with Crippen LogP contribution in [0.4, 0.5) is 22.9 Å². The number of pyridine rings is 2. The maximum Gasteiger partial charge on any atom is 0.253 e. The van der Waals surface area contributed by atoms with Crippen LogP contribution in [0.1, 0.15) is 18.4 Å². The zero-order chi connectivity index (χ0) is 25.6. The van der Waals surface area contributed by atoms with E-state index in [1.807, 2.05) is 31.3 Å². The lowest BCUT2D eigenvalue weighted by Crippen LogP contribution is -2.40. The predicted molar refractivity (Wildman–Crippen MR) is 144 cm³/mol. The third kappa shape index (κ3) is 4.02. The topological polar surface area (TPSA) is 82.9 Å². The molecule has 0 aliphatic carbocycles. The summed E-state index contributed by atoms with van der Waals surface area (Å²) in [7, 11) is 7.26. The van der Waals surface area contributed by atoms with Gasteiger partial charge < -0.3 is 29.3 Å². The largest absolute Gasteiger partial charge is 0.497 e. The number of likely N-dealkylation sites (N-methyl/N-ethyl adjacent to an activating group) is 1. The van der Waals surface area contributed by atoms with E-state index >= 15 is 0 Å². The zero-order valence-corrected chi connectivity index (χ0v) is 21.7. The summed E-state index contributed by atoms with van der Waals surface area (Å²) in [5.74, 6) is 1.84. The molecule has 0 unspecified atom stereocenters. The summed E-state index contributed by atoms with van der Waals surface area (Å²) in [5, 5.41) is 3.78. The van der Waals surface area contributed by atoms with Crippen LogP contribution in [0.2, 0.25) is 0 Å². The number of hydrogen-bond acceptors (Lipinski definition) is 7. The first kappa shape index (κ1) is 24.0. The molecule has 1 N–H and O–H groups in total. The molecule has 1 saturated heterocycles. The van der Waals surface area contributed by atoms with Gasteiger partial charge in [-0.05, 0) is 25.8 Å². The summed E-state index contributed by atoms with van der Waals surface area (Å²) in [6.45, 7) is 5.11. The number of carbonyl (C=O) groups is 1. The summed E-state index contributed by atoms with van der Waals surface area (Å²) < 4.78 is 7.31. The fourth-order valence-electron chi connectivity index (χ4n) is 5.45. The van der Waals surface area contributed by atoms with E-state index in [0.29, 0.717) is 11.3 Å². The Labute approximate surface area is 211 Å². The van der Waals surface area contributed by atoms with Crippen molar-refractivity contribution in [3.05, 3.63) is 46.4 Å². The van der Waals surface area contributed by atoms with Crippen LogP contribution in [-0.4, -0.2) is 62.8 Å². The molecular formula is C27H34N6O3. The molecule has 4 heterocycles. The molecule has 0 saturated carbocycles. The lowest BCUT2D eigenvalue weighted by molar-refractivity contribution is -0.125. The number of nitrogens with one attached hydrogen (secondary N) is 1. The molecule has 1 fully saturated rings. The minimum absolute atomic E-state index is 0.00743. The molecule has 0 radical (unpaired) electrons. The fraction of sp³-hybridized carbons (Fsp3) is 0.444. The van der Waals surface area contributed by atoms with Crippen LogP contribution in [0.15, 0.2) is 35.3 Å². The number of methoxy groups -OCH3 is 1. The van der Waals surface area contributed by atoms with Crippen LogP contribution in [0, 0.1) is 12.8 Å². The lowest BCUT2D eigenvalue weighted by atomic mass is 9.96. The number of aromatic nitrogens is 2. The minimum Gasteiger partial charge on any atom is -0.497 e. The molecule has 9 nitrogen and oxygen atoms in total. The van der Waals surface area contributed by atoms with Crippen molar-refractivity contribution in [1.82, 2.24) is 14.9 Å². The molecule has 2 aliphatic heterocycles. The minimum atomic E-state index is -0.00743. The first-order valence-corrected chi connectivity index (χ1v) is 12.5. The van der Waals surface area contributed by atoms with Crippen LogP contribution in [0.5, 0.6) is 5.75 Å². The van der Waals surface area contributed by atoms with Gasteiger partial charge in [0.05, 0.1) is 35.9 Å². The third-order valence-corrected chi connectivity index (χ3v) is 7.65. The van der Waals surface area contributed by atoms with Gasteiger partial charge >= 0.3 is 0 Å². The highest BCUT2D eigenvalue weighted by molar-refractivity contribution is 5.98. The van der Waals surface area contributed by atoms with Crippen LogP contribution in [0.25, 0.3) is 10.9 Å². The number of hydrogen-bond donors (Lipinski definition) is 1. The Hall–Kier alpha value is -3.75. The Morgan fingerprint density at radius 2 is 1.78 bits per heavy atom. The summed E-state index contributed by atoms with van der Waals surface area (Å²) in [4.78, 5) is 36.3. The molecule has 2 aliphatic rings. The molecule has 2 aromatic heterocycles. The van der Waals surface area contributed by atoms with E-state index in [-0.39, 0.29) is 17.4 Å². The monoisotopic (exact) mass is 490 g/mol. The average molecular weight is 491 g/mol. The van der Waals surface area contributed by atoms with Gasteiger partial charge in [0.2, 0.25) is 5.91 Å². The van der Waals surface area contributed by atoms with Crippen molar-refractivity contribution in [2.45, 2.75) is 19.8 Å². The maximum atomic E-state index is 12.6. The second kappa shape index (κ2) is 9.37. The average Bonchev–Trinajstić information content (AvgIpc) is 2.91. The Morgan fingerprint density at radius 3 is 2.47 bits per heavy atom. The molecule has 190 valence electrons. The van der Waals surface area contributed by atoms with E-state index in [1.54, 1.807) is 25.8 Å². The second-order valence-electron chi connectivity index (χ2n) is 9.75. The Kier molecular flexibility index (Phi) is 6.24. The molecular weight excluding hydrogens is 456 g/mol. The number of ether oxygens (including phenoxy) is 1. The highest BCUT2D eigenvalue weighted by Crippen LogP contribution is 2.42. The predicted octanol–water partition coefficient (Wildman–Crippen LogP) is 2.80. The van der Waals surface area contributed by atoms with E-state index in [0.717, 1.165) is 72.8 Å². The number of rotatable bonds is 4. The van der Waals surface area contributed by atoms with Gasteiger partial charge in [0.15, 0.2) is 0 Å². The second-order valence-corrected chi connectivity index (χ2v) is 9.75. The van der Waals surface area contributed by atoms with Crippen molar-refractivity contribution >= 4 is 39.7 Å². The van der Waals surface area contributed by atoms with E-state index in [1.165, 1.54) is 0 Å². The number of benzene rings is 1. The molecule has 0 atom stereocenters. The van der Waals surface area contributed by atoms with Crippen LogP contribution in [-0.2, 0) is 11.8 Å². The molecule has 1 aromatic carbocycles. The molecule has 1 amide bonds. The summed E-state index contributed by atoms with van der Waals surface area (Å²) in [6, 6.07) is 8.09. The van der Waals surface area contributed by atoms with Gasteiger partial charge in [-0.1, -0.05) is 0 Å². The highest BCUT2D eigenvalue weighted by atomic mass is 16.5. The third-order valence-electron chi connectivity index (χ3n) is 7.65. The highest BCUT2D eigenvalue weighted by Gasteiger charge is 2.28. The van der Waals surface area contributed by atoms with Gasteiger partial charge in [-0.2, -0.15) is 0 Å². The first-order chi connectivity index (χ1) is 17.3. The normalized spacial score (nSPS) is 16.3. The van der Waals surface area contributed by atoms with E-state index in [2.05, 4.69) is 33.1 Å². The Bertz CT molecular complexity index is 1380. The quantitative estimate of drug-likeness (QED) is 0.602. The number of aryl methyl sites for hydroxylation is 2. The molecule has 5 rings (SSSR count). The van der Waals surface area contributed by atoms with Gasteiger partial charge in [0.1, 0.15) is 11.6 Å². The van der Waals surface area contributed by atoms with Crippen molar-refractivity contribution in [2.75, 3.05) is 62.1 Å². The molecule has 0 bridgehead atoms. The first-order valence-electron chi connectivity index (χ1n) is 12.5. The summed E-state index contributed by atoms with van der Waals surface area (Å²) in [6.07, 6.45) is 3.61. The van der Waals surface area contributed by atoms with Gasteiger partial charge in [-0.3, -0.25) is 9.59 Å². The van der Waals surface area contributed by atoms with Crippen molar-refractivity contribution < 1.29 is 9.53 Å². The Morgan fingerprint density at radius 1 is 1.03 bits per heavy atom. The van der Waals surface area contributed by atoms with E-state index < -0.39 is 0 Å². The van der Waals surface area contributed by atoms with Crippen LogP contribution < -0.4 is 30.3 Å². The smallest absolute Gasteiger partial charge is 0.253 e. The van der Waals surface area contributed by atoms with Gasteiger partial charge in [0, 0.05) is 82.4 Å². The molecule has 9 heteroatoms. The lowest BCUT2D eigenvalue weighted by Gasteiger charge is -2.39. The van der Waals surface area contributed by atoms with Gasteiger partial charge in [-0.25, -0.2) is 4.98 Å². The molecule has 36 heavy (non-hydrogen) atoms. The number of nitrogens with zero attached hydrogens (tertiary/aromatic N) is 5. The number of fused-ring (bicyclic) bond motifs is 2. The maximum absolute atomic E-state index is 12.6. The van der Waals surface area contributed by atoms with Crippen LogP contribution >= 0.6 is 0 Å². The van der Waals surface area contributed by atoms with Gasteiger partial charge in [-0.15, -0.1) is 0 Å². The van der Waals surface area contributed by atoms with E-state index in [9.17, 15) is 9.59 Å². The van der Waals surface area contributed by atoms with Gasteiger partial charge in [0.25, 0.3) is 5.56 Å². The standard InChI is InChI=1S/C27H34N6O3/c1-17-12-20-21(31(4)27(17)35)13-19(36-5)14-22(20)33-11-10-30(3)23-15-25(29-16-24(23)33)32-8-6-18(7-9-32)26(34)28-2/h12-16,18H,6-11H2,1-5H3,(H,28,34). The summed E-state index contributed by atoms with van der Waals surface area (Å²) in [5.41, 5.74) is 4.67. The molecule has 3 aromatic rings. The van der Waals surface area contributed by atoms with Crippen LogP contribution in [0.3, 0.4) is 0 Å². The SMILES string of the molecule is CNC(=O)C1CCN(c2cc3c(cn2)N(c2cc(OC)cc4c2cc(C)c(=O)n4C)CCN3C)CC1. The number of piperidine rings is 1. The van der Waals surface area contributed by atoms with Crippen molar-refractivity contribution in [1.29, 1.82) is 0 Å². The van der Waals surface area contributed by atoms with Crippen molar-refractivity contribution in [3.63, 3.8) is 0 Å². The number of amides is 1.